The third-order valence-corrected chi connectivity index (χ3v) is 4.69. The van der Waals surface area contributed by atoms with Gasteiger partial charge in [0.05, 0.1) is 11.7 Å². The molecule has 2 aromatic heterocycles. The van der Waals surface area contributed by atoms with Crippen molar-refractivity contribution < 1.29 is 0 Å². The van der Waals surface area contributed by atoms with Gasteiger partial charge >= 0.3 is 0 Å². The predicted octanol–water partition coefficient (Wildman–Crippen LogP) is 4.80. The molecule has 0 spiro atoms. The van der Waals surface area contributed by atoms with Gasteiger partial charge < -0.3 is 4.90 Å². The Morgan fingerprint density at radius 2 is 1.62 bits per heavy atom. The maximum absolute atomic E-state index is 4.66. The van der Waals surface area contributed by atoms with Crippen molar-refractivity contribution in [3.8, 4) is 11.3 Å². The summed E-state index contributed by atoms with van der Waals surface area (Å²) >= 11 is 0. The number of benzene rings is 2. The molecule has 0 saturated heterocycles. The minimum Gasteiger partial charge on any atom is -0.355 e. The van der Waals surface area contributed by atoms with Crippen LogP contribution in [0.15, 0.2) is 48.7 Å². The van der Waals surface area contributed by atoms with Crippen molar-refractivity contribution in [3.05, 3.63) is 48.7 Å². The van der Waals surface area contributed by atoms with E-state index in [-0.39, 0.29) is 0 Å². The van der Waals surface area contributed by atoms with Crippen molar-refractivity contribution in [3.63, 3.8) is 0 Å². The van der Waals surface area contributed by atoms with Crippen LogP contribution in [0.3, 0.4) is 0 Å². The van der Waals surface area contributed by atoms with Crippen molar-refractivity contribution >= 4 is 27.5 Å². The molecule has 0 radical (unpaired) electrons. The molecule has 1 N–H and O–H groups in total. The second-order valence-corrected chi connectivity index (χ2v) is 6.54. The molecule has 132 valence electrons. The summed E-state index contributed by atoms with van der Waals surface area (Å²) in [5.74, 6) is 0.979. The average molecular weight is 345 g/mol. The summed E-state index contributed by atoms with van der Waals surface area (Å²) < 4.78 is 0. The molecule has 4 rings (SSSR count). The number of hydrogen-bond donors (Lipinski definition) is 1. The molecule has 0 bridgehead atoms. The fraction of sp³-hybridized carbons (Fsp3) is 0.286. The number of nitrogens with one attached hydrogen (secondary N) is 1. The largest absolute Gasteiger partial charge is 0.355 e. The highest BCUT2D eigenvalue weighted by Gasteiger charge is 2.16. The minimum absolute atomic E-state index is 0.907. The van der Waals surface area contributed by atoms with Gasteiger partial charge in [-0.1, -0.05) is 50.2 Å². The van der Waals surface area contributed by atoms with E-state index < -0.39 is 0 Å². The lowest BCUT2D eigenvalue weighted by Crippen LogP contribution is -2.26. The molecule has 4 aromatic rings. The van der Waals surface area contributed by atoms with Crippen LogP contribution in [0.2, 0.25) is 0 Å². The molecule has 0 aliphatic carbocycles. The number of aromatic amines is 1. The summed E-state index contributed by atoms with van der Waals surface area (Å²) in [6, 6.07) is 14.6. The lowest BCUT2D eigenvalue weighted by atomic mass is 10.0. The van der Waals surface area contributed by atoms with Gasteiger partial charge in [0.15, 0.2) is 5.82 Å². The normalized spacial score (nSPS) is 11.3. The highest BCUT2D eigenvalue weighted by Crippen LogP contribution is 2.34. The van der Waals surface area contributed by atoms with Gasteiger partial charge in [0.2, 0.25) is 0 Å². The maximum Gasteiger partial charge on any atom is 0.159 e. The van der Waals surface area contributed by atoms with Crippen molar-refractivity contribution in [1.82, 2.24) is 20.4 Å². The van der Waals surface area contributed by atoms with Crippen LogP contribution in [-0.2, 0) is 0 Å². The minimum atomic E-state index is 0.907. The van der Waals surface area contributed by atoms with E-state index in [1.165, 1.54) is 0 Å². The van der Waals surface area contributed by atoms with E-state index in [0.29, 0.717) is 0 Å². The number of H-pyrrole nitrogens is 1. The smallest absolute Gasteiger partial charge is 0.159 e. The number of rotatable bonds is 6. The van der Waals surface area contributed by atoms with E-state index in [4.69, 9.17) is 0 Å². The third kappa shape index (κ3) is 2.79. The lowest BCUT2D eigenvalue weighted by Gasteiger charge is -2.24. The summed E-state index contributed by atoms with van der Waals surface area (Å²) in [5.41, 5.74) is 2.98. The second-order valence-electron chi connectivity index (χ2n) is 6.54. The van der Waals surface area contributed by atoms with Crippen LogP contribution < -0.4 is 4.90 Å². The molecule has 0 aliphatic rings. The molecular formula is C21H23N5. The number of nitrogens with zero attached hydrogens (tertiary/aromatic N) is 4. The monoisotopic (exact) mass is 345 g/mol. The second kappa shape index (κ2) is 7.12. The zero-order valence-electron chi connectivity index (χ0n) is 15.2. The molecule has 2 heterocycles. The van der Waals surface area contributed by atoms with Crippen LogP contribution in [0.5, 0.6) is 0 Å². The Morgan fingerprint density at radius 3 is 2.38 bits per heavy atom. The van der Waals surface area contributed by atoms with Crippen molar-refractivity contribution in [2.24, 2.45) is 0 Å². The third-order valence-electron chi connectivity index (χ3n) is 4.69. The Morgan fingerprint density at radius 1 is 0.846 bits per heavy atom. The van der Waals surface area contributed by atoms with Crippen LogP contribution in [0.4, 0.5) is 5.82 Å². The van der Waals surface area contributed by atoms with Crippen molar-refractivity contribution in [2.45, 2.75) is 26.7 Å². The van der Waals surface area contributed by atoms with Gasteiger partial charge in [-0.2, -0.15) is 5.10 Å². The molecule has 0 saturated carbocycles. The Labute approximate surface area is 153 Å². The Kier molecular flexibility index (Phi) is 4.52. The standard InChI is InChI=1S/C21H23N5/c1-3-12-26(13-4-2)21-17-9-6-5-8-15(17)20(24-25-21)16-10-7-11-19-18(16)14-22-23-19/h5-11,14H,3-4,12-13H2,1-2H3,(H,22,23). The molecule has 2 aromatic carbocycles. The van der Waals surface area contributed by atoms with Gasteiger partial charge in [0.1, 0.15) is 5.69 Å². The highest BCUT2D eigenvalue weighted by molar-refractivity contribution is 6.05. The van der Waals surface area contributed by atoms with Gasteiger partial charge in [-0.15, -0.1) is 10.2 Å². The van der Waals surface area contributed by atoms with Gasteiger partial charge in [-0.25, -0.2) is 0 Å². The van der Waals surface area contributed by atoms with E-state index >= 15 is 0 Å². The fourth-order valence-corrected chi connectivity index (χ4v) is 3.56. The van der Waals surface area contributed by atoms with E-state index in [1.54, 1.807) is 0 Å². The molecule has 0 aliphatic heterocycles. The predicted molar refractivity (Wildman–Crippen MR) is 107 cm³/mol. The average Bonchev–Trinajstić information content (AvgIpc) is 3.16. The summed E-state index contributed by atoms with van der Waals surface area (Å²) in [5, 5.41) is 19.9. The first kappa shape index (κ1) is 16.5. The van der Waals surface area contributed by atoms with Gasteiger partial charge in [-0.3, -0.25) is 5.10 Å². The van der Waals surface area contributed by atoms with E-state index in [0.717, 1.165) is 64.7 Å². The SMILES string of the molecule is CCCN(CCC)c1nnc(-c2cccc3[nH]ncc23)c2ccccc12. The van der Waals surface area contributed by atoms with Crippen LogP contribution in [-0.4, -0.2) is 33.5 Å². The van der Waals surface area contributed by atoms with E-state index in [2.05, 4.69) is 69.5 Å². The number of hydrogen-bond acceptors (Lipinski definition) is 4. The zero-order valence-corrected chi connectivity index (χ0v) is 15.2. The van der Waals surface area contributed by atoms with E-state index in [9.17, 15) is 0 Å². The summed E-state index contributed by atoms with van der Waals surface area (Å²) in [6.07, 6.45) is 4.04. The molecule has 0 unspecified atom stereocenters. The van der Waals surface area contributed by atoms with Crippen LogP contribution >= 0.6 is 0 Å². The molecule has 0 fully saturated rings. The first-order valence-electron chi connectivity index (χ1n) is 9.26. The number of anilines is 1. The topological polar surface area (TPSA) is 57.7 Å². The van der Waals surface area contributed by atoms with Gasteiger partial charge in [0.25, 0.3) is 0 Å². The molecule has 5 nitrogen and oxygen atoms in total. The van der Waals surface area contributed by atoms with Crippen LogP contribution in [0.1, 0.15) is 26.7 Å². The lowest BCUT2D eigenvalue weighted by molar-refractivity contribution is 0.730. The first-order valence-corrected chi connectivity index (χ1v) is 9.26. The summed E-state index contributed by atoms with van der Waals surface area (Å²) in [4.78, 5) is 2.34. The fourth-order valence-electron chi connectivity index (χ4n) is 3.56. The van der Waals surface area contributed by atoms with Crippen LogP contribution in [0.25, 0.3) is 32.9 Å². The Bertz CT molecular complexity index is 1030. The highest BCUT2D eigenvalue weighted by atomic mass is 15.3. The number of aromatic nitrogens is 4. The quantitative estimate of drug-likeness (QED) is 0.545. The Hall–Kier alpha value is -2.95. The van der Waals surface area contributed by atoms with E-state index in [1.807, 2.05) is 18.3 Å². The number of fused-ring (bicyclic) bond motifs is 2. The van der Waals surface area contributed by atoms with Crippen molar-refractivity contribution in [1.29, 1.82) is 0 Å². The molecule has 0 amide bonds. The Balaban J connectivity index is 1.94. The molecule has 5 heteroatoms. The molecule has 26 heavy (non-hydrogen) atoms. The van der Waals surface area contributed by atoms with Gasteiger partial charge in [-0.05, 0) is 18.9 Å². The summed E-state index contributed by atoms with van der Waals surface area (Å²) in [6.45, 7) is 6.38. The van der Waals surface area contributed by atoms with Gasteiger partial charge in [0, 0.05) is 34.8 Å². The van der Waals surface area contributed by atoms with Crippen molar-refractivity contribution in [2.75, 3.05) is 18.0 Å². The van der Waals surface area contributed by atoms with Crippen LogP contribution in [0, 0.1) is 0 Å². The first-order chi connectivity index (χ1) is 12.8. The zero-order chi connectivity index (χ0) is 17.9. The molecule has 0 atom stereocenters. The maximum atomic E-state index is 4.66. The molecular weight excluding hydrogens is 322 g/mol. The summed E-state index contributed by atoms with van der Waals surface area (Å²) in [7, 11) is 0.